The summed E-state index contributed by atoms with van der Waals surface area (Å²) in [7, 11) is -3.37. The van der Waals surface area contributed by atoms with Crippen molar-refractivity contribution in [3.63, 3.8) is 0 Å². The highest BCUT2D eigenvalue weighted by atomic mass is 32.2. The average Bonchev–Trinajstić information content (AvgIpc) is 3.16. The molecule has 4 rings (SSSR count). The molecule has 0 atom stereocenters. The molecular formula is C20H20N6O2S. The van der Waals surface area contributed by atoms with E-state index in [0.29, 0.717) is 29.3 Å². The molecule has 0 fully saturated rings. The number of hydrogen-bond acceptors (Lipinski definition) is 6. The number of pyridine rings is 1. The number of unbranched alkanes of at least 4 members (excludes halogenated alkanes) is 1. The number of benzene rings is 1. The summed E-state index contributed by atoms with van der Waals surface area (Å²) in [5, 5.41) is 13.1. The van der Waals surface area contributed by atoms with E-state index in [4.69, 9.17) is 0 Å². The van der Waals surface area contributed by atoms with Gasteiger partial charge in [-0.15, -0.1) is 10.2 Å². The molecule has 0 aliphatic rings. The van der Waals surface area contributed by atoms with Gasteiger partial charge in [0.25, 0.3) is 0 Å². The van der Waals surface area contributed by atoms with Crippen LogP contribution in [0.3, 0.4) is 0 Å². The fraction of sp³-hybridized carbons (Fsp3) is 0.200. The molecule has 0 saturated heterocycles. The second-order valence-corrected chi connectivity index (χ2v) is 8.45. The molecular weight excluding hydrogens is 388 g/mol. The standard InChI is InChI=1S/C20H20N6O2S/c1-2-3-13-29(27,28)25-17-6-4-5-16(14-17)18-7-8-19-22-23-20(26(19)24-18)15-9-11-21-12-10-15/h4-12,14,25H,2-3,13H2,1H3. The molecule has 29 heavy (non-hydrogen) atoms. The van der Waals surface area contributed by atoms with Gasteiger partial charge in [-0.1, -0.05) is 25.5 Å². The van der Waals surface area contributed by atoms with Crippen molar-refractivity contribution in [2.75, 3.05) is 10.5 Å². The first kappa shape index (κ1) is 19.0. The third-order valence-electron chi connectivity index (χ3n) is 4.40. The molecule has 0 saturated carbocycles. The van der Waals surface area contributed by atoms with Gasteiger partial charge >= 0.3 is 0 Å². The van der Waals surface area contributed by atoms with Crippen LogP contribution in [-0.2, 0) is 10.0 Å². The van der Waals surface area contributed by atoms with E-state index >= 15 is 0 Å². The van der Waals surface area contributed by atoms with Gasteiger partial charge in [0.05, 0.1) is 11.4 Å². The Balaban J connectivity index is 1.68. The van der Waals surface area contributed by atoms with Gasteiger partial charge in [-0.25, -0.2) is 8.42 Å². The lowest BCUT2D eigenvalue weighted by Gasteiger charge is -2.09. The second kappa shape index (κ2) is 7.96. The maximum atomic E-state index is 12.2. The quantitative estimate of drug-likeness (QED) is 0.503. The van der Waals surface area contributed by atoms with Crippen LogP contribution >= 0.6 is 0 Å². The fourth-order valence-corrected chi connectivity index (χ4v) is 4.19. The number of hydrogen-bond donors (Lipinski definition) is 1. The largest absolute Gasteiger partial charge is 0.284 e. The number of nitrogens with one attached hydrogen (secondary N) is 1. The Labute approximate surface area is 168 Å². The molecule has 0 unspecified atom stereocenters. The Morgan fingerprint density at radius 1 is 1.00 bits per heavy atom. The highest BCUT2D eigenvalue weighted by molar-refractivity contribution is 7.92. The van der Waals surface area contributed by atoms with Gasteiger partial charge in [0, 0.05) is 29.2 Å². The number of rotatable bonds is 7. The monoisotopic (exact) mass is 408 g/mol. The van der Waals surface area contributed by atoms with Crippen LogP contribution in [0.15, 0.2) is 60.9 Å². The Morgan fingerprint density at radius 3 is 2.62 bits per heavy atom. The number of fused-ring (bicyclic) bond motifs is 1. The van der Waals surface area contributed by atoms with Gasteiger partial charge in [0.15, 0.2) is 11.5 Å². The minimum Gasteiger partial charge on any atom is -0.284 e. The molecule has 3 heterocycles. The van der Waals surface area contributed by atoms with Crippen molar-refractivity contribution in [3.05, 3.63) is 60.9 Å². The van der Waals surface area contributed by atoms with Crippen molar-refractivity contribution in [2.45, 2.75) is 19.8 Å². The molecule has 0 amide bonds. The van der Waals surface area contributed by atoms with Gasteiger partial charge in [0.2, 0.25) is 10.0 Å². The van der Waals surface area contributed by atoms with Crippen LogP contribution in [0.5, 0.6) is 0 Å². The summed E-state index contributed by atoms with van der Waals surface area (Å²) in [5.41, 5.74) is 3.46. The van der Waals surface area contributed by atoms with Crippen molar-refractivity contribution in [2.24, 2.45) is 0 Å². The van der Waals surface area contributed by atoms with Crippen LogP contribution in [-0.4, -0.2) is 39.0 Å². The molecule has 9 heteroatoms. The molecule has 0 radical (unpaired) electrons. The third kappa shape index (κ3) is 4.24. The van der Waals surface area contributed by atoms with Crippen LogP contribution < -0.4 is 4.72 Å². The van der Waals surface area contributed by atoms with Crippen LogP contribution in [0.4, 0.5) is 5.69 Å². The Hall–Kier alpha value is -3.33. The van der Waals surface area contributed by atoms with Crippen LogP contribution in [0.2, 0.25) is 0 Å². The summed E-state index contributed by atoms with van der Waals surface area (Å²) < 4.78 is 28.7. The number of anilines is 1. The van der Waals surface area contributed by atoms with Crippen LogP contribution in [0, 0.1) is 0 Å². The van der Waals surface area contributed by atoms with Gasteiger partial charge < -0.3 is 0 Å². The Kier molecular flexibility index (Phi) is 5.22. The van der Waals surface area contributed by atoms with Gasteiger partial charge in [-0.2, -0.15) is 9.61 Å². The zero-order chi connectivity index (χ0) is 20.3. The maximum absolute atomic E-state index is 12.2. The molecule has 1 N–H and O–H groups in total. The first-order valence-electron chi connectivity index (χ1n) is 9.29. The number of nitrogens with zero attached hydrogens (tertiary/aromatic N) is 5. The molecule has 0 aliphatic carbocycles. The molecule has 4 aromatic rings. The summed E-state index contributed by atoms with van der Waals surface area (Å²) >= 11 is 0. The minimum atomic E-state index is -3.37. The molecule has 0 aliphatic heterocycles. The zero-order valence-corrected chi connectivity index (χ0v) is 16.7. The molecule has 8 nitrogen and oxygen atoms in total. The van der Waals surface area contributed by atoms with Gasteiger partial charge in [-0.3, -0.25) is 9.71 Å². The van der Waals surface area contributed by atoms with E-state index in [2.05, 4.69) is 25.0 Å². The highest BCUT2D eigenvalue weighted by Crippen LogP contribution is 2.23. The van der Waals surface area contributed by atoms with Crippen molar-refractivity contribution < 1.29 is 8.42 Å². The Morgan fingerprint density at radius 2 is 1.83 bits per heavy atom. The van der Waals surface area contributed by atoms with Crippen LogP contribution in [0.1, 0.15) is 19.8 Å². The van der Waals surface area contributed by atoms with Crippen molar-refractivity contribution in [3.8, 4) is 22.6 Å². The summed E-state index contributed by atoms with van der Waals surface area (Å²) in [5.74, 6) is 0.717. The zero-order valence-electron chi connectivity index (χ0n) is 15.9. The van der Waals surface area contributed by atoms with E-state index in [1.807, 2.05) is 37.3 Å². The smallest absolute Gasteiger partial charge is 0.232 e. The first-order valence-corrected chi connectivity index (χ1v) is 10.9. The lowest BCUT2D eigenvalue weighted by atomic mass is 10.1. The fourth-order valence-electron chi connectivity index (χ4n) is 2.93. The average molecular weight is 408 g/mol. The van der Waals surface area contributed by atoms with E-state index in [1.54, 1.807) is 35.1 Å². The van der Waals surface area contributed by atoms with E-state index in [0.717, 1.165) is 17.5 Å². The Bertz CT molecular complexity index is 1240. The predicted molar refractivity (Wildman–Crippen MR) is 112 cm³/mol. The molecule has 1 aromatic carbocycles. The van der Waals surface area contributed by atoms with E-state index < -0.39 is 10.0 Å². The van der Waals surface area contributed by atoms with Crippen molar-refractivity contribution >= 4 is 21.4 Å². The predicted octanol–water partition coefficient (Wildman–Crippen LogP) is 3.40. The summed E-state index contributed by atoms with van der Waals surface area (Å²) in [6.45, 7) is 1.96. The number of aromatic nitrogens is 5. The topological polar surface area (TPSA) is 102 Å². The van der Waals surface area contributed by atoms with E-state index in [9.17, 15) is 8.42 Å². The second-order valence-electron chi connectivity index (χ2n) is 6.60. The molecule has 0 spiro atoms. The first-order chi connectivity index (χ1) is 14.1. The maximum Gasteiger partial charge on any atom is 0.232 e. The molecule has 0 bridgehead atoms. The summed E-state index contributed by atoms with van der Waals surface area (Å²) in [6.07, 6.45) is 4.82. The summed E-state index contributed by atoms with van der Waals surface area (Å²) in [6, 6.07) is 14.5. The highest BCUT2D eigenvalue weighted by Gasteiger charge is 2.13. The van der Waals surface area contributed by atoms with Gasteiger partial charge in [-0.05, 0) is 42.8 Å². The lowest BCUT2D eigenvalue weighted by Crippen LogP contribution is -2.16. The van der Waals surface area contributed by atoms with Crippen LogP contribution in [0.25, 0.3) is 28.3 Å². The van der Waals surface area contributed by atoms with Gasteiger partial charge in [0.1, 0.15) is 0 Å². The normalized spacial score (nSPS) is 11.6. The summed E-state index contributed by atoms with van der Waals surface area (Å²) in [4.78, 5) is 4.02. The van der Waals surface area contributed by atoms with Crippen molar-refractivity contribution in [1.29, 1.82) is 0 Å². The van der Waals surface area contributed by atoms with E-state index in [1.165, 1.54) is 0 Å². The molecule has 148 valence electrons. The SMILES string of the molecule is CCCCS(=O)(=O)Nc1cccc(-c2ccc3nnc(-c4ccncc4)n3n2)c1. The van der Waals surface area contributed by atoms with Crippen molar-refractivity contribution in [1.82, 2.24) is 24.8 Å². The van der Waals surface area contributed by atoms with E-state index in [-0.39, 0.29) is 5.75 Å². The minimum absolute atomic E-state index is 0.105. The number of sulfonamides is 1. The lowest BCUT2D eigenvalue weighted by molar-refractivity contribution is 0.598. The third-order valence-corrected chi connectivity index (χ3v) is 5.77. The molecule has 3 aromatic heterocycles.